The van der Waals surface area contributed by atoms with Crippen LogP contribution >= 0.6 is 0 Å². The van der Waals surface area contributed by atoms with Gasteiger partial charge in [-0.15, -0.1) is 0 Å². The fourth-order valence-corrected chi connectivity index (χ4v) is 5.08. The molecule has 172 valence electrons. The van der Waals surface area contributed by atoms with Gasteiger partial charge in [0.15, 0.2) is 0 Å². The molecule has 2 N–H and O–H groups in total. The average Bonchev–Trinajstić information content (AvgIpc) is 3.14. The fourth-order valence-electron chi connectivity index (χ4n) is 5.08. The second-order valence-corrected chi connectivity index (χ2v) is 8.54. The maximum atomic E-state index is 14.7. The van der Waals surface area contributed by atoms with E-state index in [2.05, 4.69) is 10.1 Å². The summed E-state index contributed by atoms with van der Waals surface area (Å²) in [7, 11) is 1.81. The van der Waals surface area contributed by atoms with Crippen LogP contribution in [-0.4, -0.2) is 34.6 Å². The summed E-state index contributed by atoms with van der Waals surface area (Å²) in [4.78, 5) is 28.9. The first-order chi connectivity index (χ1) is 15.8. The van der Waals surface area contributed by atoms with Crippen molar-refractivity contribution in [3.8, 4) is 11.4 Å². The third kappa shape index (κ3) is 3.30. The van der Waals surface area contributed by atoms with Crippen LogP contribution in [0.1, 0.15) is 45.9 Å². The van der Waals surface area contributed by atoms with Crippen molar-refractivity contribution in [3.63, 3.8) is 0 Å². The quantitative estimate of drug-likeness (QED) is 0.352. The van der Waals surface area contributed by atoms with Crippen LogP contribution < -0.4 is 10.9 Å². The molecule has 33 heavy (non-hydrogen) atoms. The molecular weight excluding hydrogens is 429 g/mol. The summed E-state index contributed by atoms with van der Waals surface area (Å²) in [6.07, 6.45) is -0.263. The van der Waals surface area contributed by atoms with E-state index >= 15 is 0 Å². The van der Waals surface area contributed by atoms with Gasteiger partial charge in [-0.1, -0.05) is 0 Å². The Hall–Kier alpha value is -3.30. The van der Waals surface area contributed by atoms with Crippen molar-refractivity contribution in [2.45, 2.75) is 45.9 Å². The van der Waals surface area contributed by atoms with Crippen molar-refractivity contribution < 1.29 is 23.8 Å². The molecule has 1 atom stereocenters. The van der Waals surface area contributed by atoms with Crippen molar-refractivity contribution in [2.75, 3.05) is 13.8 Å². The molecular formula is C24H24FN3O5. The van der Waals surface area contributed by atoms with E-state index in [-0.39, 0.29) is 36.2 Å². The predicted octanol–water partition coefficient (Wildman–Crippen LogP) is 3.56. The van der Waals surface area contributed by atoms with E-state index < -0.39 is 6.16 Å². The molecule has 1 aromatic carbocycles. The molecule has 9 heteroatoms. The van der Waals surface area contributed by atoms with E-state index in [1.165, 1.54) is 6.07 Å². The lowest BCUT2D eigenvalue weighted by molar-refractivity contribution is 0.0365. The molecule has 2 aliphatic rings. The van der Waals surface area contributed by atoms with Gasteiger partial charge < -0.3 is 19.1 Å². The minimum atomic E-state index is -1.44. The first kappa shape index (κ1) is 21.5. The largest absolute Gasteiger partial charge is 0.506 e. The van der Waals surface area contributed by atoms with E-state index in [1.807, 2.05) is 13.1 Å². The number of benzene rings is 1. The number of pyridine rings is 2. The van der Waals surface area contributed by atoms with Crippen molar-refractivity contribution in [3.05, 3.63) is 61.7 Å². The van der Waals surface area contributed by atoms with Gasteiger partial charge in [0.05, 0.1) is 41.8 Å². The van der Waals surface area contributed by atoms with Crippen molar-refractivity contribution in [1.29, 1.82) is 0 Å². The highest BCUT2D eigenvalue weighted by molar-refractivity contribution is 5.92. The molecule has 0 fully saturated rings. The number of hydrogen-bond donors (Lipinski definition) is 2. The van der Waals surface area contributed by atoms with Gasteiger partial charge in [-0.2, -0.15) is 0 Å². The van der Waals surface area contributed by atoms with E-state index in [1.54, 1.807) is 18.4 Å². The molecule has 0 saturated carbocycles. The van der Waals surface area contributed by atoms with E-state index in [9.17, 15) is 14.0 Å². The number of halogens is 1. The molecule has 8 nitrogen and oxygen atoms in total. The molecule has 3 aromatic rings. The van der Waals surface area contributed by atoms with Crippen LogP contribution in [0.3, 0.4) is 0 Å². The van der Waals surface area contributed by atoms with Gasteiger partial charge in [-0.25, -0.2) is 14.2 Å². The topological polar surface area (TPSA) is 103 Å². The number of nitrogens with one attached hydrogen (secondary N) is 1. The zero-order valence-electron chi connectivity index (χ0n) is 18.6. The molecule has 0 radical (unpaired) electrons. The number of carboxylic acid groups (broad SMARTS) is 1. The minimum Gasteiger partial charge on any atom is -0.450 e. The Balaban J connectivity index is 1.75. The van der Waals surface area contributed by atoms with Crippen LogP contribution in [0.25, 0.3) is 22.3 Å². The number of ether oxygens (including phenoxy) is 2. The number of carbonyl (C=O) groups is 1. The SMILES string of the molecule is CNCOC1CCc2c(C)c(F)cc3nc4c(c1c23)Cn1c-4cc(C)c(COC(=O)O)c1=O. The third-order valence-corrected chi connectivity index (χ3v) is 6.67. The number of fused-ring (bicyclic) bond motifs is 4. The second kappa shape index (κ2) is 7.93. The fraction of sp³-hybridized carbons (Fsp3) is 0.375. The molecule has 3 heterocycles. The Morgan fingerprint density at radius 2 is 2.12 bits per heavy atom. The molecule has 1 aliphatic heterocycles. The first-order valence-corrected chi connectivity index (χ1v) is 10.8. The van der Waals surface area contributed by atoms with E-state index in [0.29, 0.717) is 47.6 Å². The van der Waals surface area contributed by atoms with Gasteiger partial charge in [0.1, 0.15) is 12.4 Å². The van der Waals surface area contributed by atoms with Crippen LogP contribution in [0.5, 0.6) is 0 Å². The van der Waals surface area contributed by atoms with Crippen LogP contribution in [0.2, 0.25) is 0 Å². The Morgan fingerprint density at radius 1 is 1.33 bits per heavy atom. The lowest BCUT2D eigenvalue weighted by Crippen LogP contribution is -2.25. The maximum Gasteiger partial charge on any atom is 0.506 e. The highest BCUT2D eigenvalue weighted by Gasteiger charge is 2.34. The Labute approximate surface area is 189 Å². The molecule has 1 unspecified atom stereocenters. The van der Waals surface area contributed by atoms with Crippen molar-refractivity contribution in [2.24, 2.45) is 0 Å². The minimum absolute atomic E-state index is 0.213. The number of rotatable bonds is 5. The zero-order valence-corrected chi connectivity index (χ0v) is 18.6. The summed E-state index contributed by atoms with van der Waals surface area (Å²) < 4.78 is 27.1. The lowest BCUT2D eigenvalue weighted by atomic mass is 9.83. The van der Waals surface area contributed by atoms with Gasteiger partial charge in [-0.3, -0.25) is 10.1 Å². The number of hydrogen-bond acceptors (Lipinski definition) is 6. The Kier molecular flexibility index (Phi) is 5.18. The Morgan fingerprint density at radius 3 is 2.85 bits per heavy atom. The van der Waals surface area contributed by atoms with Gasteiger partial charge >= 0.3 is 6.16 Å². The molecule has 1 aliphatic carbocycles. The summed E-state index contributed by atoms with van der Waals surface area (Å²) in [6.45, 7) is 3.86. The Bertz CT molecular complexity index is 1380. The lowest BCUT2D eigenvalue weighted by Gasteiger charge is -2.29. The number of aryl methyl sites for hydroxylation is 2. The van der Waals surface area contributed by atoms with Crippen LogP contribution in [0, 0.1) is 19.7 Å². The second-order valence-electron chi connectivity index (χ2n) is 8.54. The summed E-state index contributed by atoms with van der Waals surface area (Å²) >= 11 is 0. The number of nitrogens with zero attached hydrogens (tertiary/aromatic N) is 2. The van der Waals surface area contributed by atoms with Gasteiger partial charge in [0, 0.05) is 17.0 Å². The molecule has 0 amide bonds. The first-order valence-electron chi connectivity index (χ1n) is 10.8. The van der Waals surface area contributed by atoms with E-state index in [4.69, 9.17) is 14.8 Å². The van der Waals surface area contributed by atoms with Crippen molar-refractivity contribution >= 4 is 17.1 Å². The van der Waals surface area contributed by atoms with Crippen molar-refractivity contribution in [1.82, 2.24) is 14.9 Å². The monoisotopic (exact) mass is 453 g/mol. The summed E-state index contributed by atoms with van der Waals surface area (Å²) in [5.41, 5.74) is 5.82. The zero-order chi connectivity index (χ0) is 23.4. The number of aromatic nitrogens is 2. The summed E-state index contributed by atoms with van der Waals surface area (Å²) in [6, 6.07) is 3.28. The smallest absolute Gasteiger partial charge is 0.450 e. The molecule has 0 spiro atoms. The summed E-state index contributed by atoms with van der Waals surface area (Å²) in [5.74, 6) is -0.293. The van der Waals surface area contributed by atoms with Gasteiger partial charge in [0.25, 0.3) is 5.56 Å². The third-order valence-electron chi connectivity index (χ3n) is 6.67. The highest BCUT2D eigenvalue weighted by atomic mass is 19.1. The molecule has 2 aromatic heterocycles. The van der Waals surface area contributed by atoms with Crippen LogP contribution in [-0.2, 0) is 29.0 Å². The standard InChI is InChI=1S/C24H24FN3O5/c1-11-6-18-22-14(8-28(18)23(29)15(11)9-32-24(30)31)21-19(33-10-26-3)5-4-13-12(2)16(25)7-17(27-22)20(13)21/h6-7,19,26H,4-5,8-10H2,1-3H3,(H,30,31). The van der Waals surface area contributed by atoms with Crippen LogP contribution in [0.4, 0.5) is 9.18 Å². The normalized spacial score (nSPS) is 16.1. The average molecular weight is 453 g/mol. The predicted molar refractivity (Wildman–Crippen MR) is 119 cm³/mol. The van der Waals surface area contributed by atoms with E-state index in [0.717, 1.165) is 22.1 Å². The van der Waals surface area contributed by atoms with Gasteiger partial charge in [0.2, 0.25) is 0 Å². The molecule has 5 rings (SSSR count). The highest BCUT2D eigenvalue weighted by Crippen LogP contribution is 2.45. The molecule has 0 bridgehead atoms. The maximum absolute atomic E-state index is 14.7. The van der Waals surface area contributed by atoms with Gasteiger partial charge in [-0.05, 0) is 62.1 Å². The van der Waals surface area contributed by atoms with Crippen LogP contribution in [0.15, 0.2) is 16.9 Å². The summed E-state index contributed by atoms with van der Waals surface area (Å²) in [5, 5.41) is 12.8. The molecule has 0 saturated heterocycles.